The van der Waals surface area contributed by atoms with Crippen LogP contribution in [-0.4, -0.2) is 5.66 Å². The minimum Gasteiger partial charge on any atom is -0.365 e. The average Bonchev–Trinajstić information content (AvgIpc) is 2.56. The van der Waals surface area contributed by atoms with Crippen LogP contribution < -0.4 is 10.6 Å². The van der Waals surface area contributed by atoms with Crippen molar-refractivity contribution in [3.05, 3.63) is 54.3 Å². The van der Waals surface area contributed by atoms with Crippen LogP contribution in [0.3, 0.4) is 0 Å². The monoisotopic (exact) mass is 184 g/mol. The molecule has 0 fully saturated rings. The fourth-order valence-electron chi connectivity index (χ4n) is 2.09. The van der Waals surface area contributed by atoms with E-state index >= 15 is 0 Å². The van der Waals surface area contributed by atoms with Gasteiger partial charge >= 0.3 is 0 Å². The Kier molecular flexibility index (Phi) is 1.45. The molecule has 2 aliphatic rings. The van der Waals surface area contributed by atoms with Gasteiger partial charge < -0.3 is 10.6 Å². The number of benzene rings is 1. The lowest BCUT2D eigenvalue weighted by molar-refractivity contribution is 0.531. The molecule has 0 radical (unpaired) electrons. The molecule has 70 valence electrons. The Morgan fingerprint density at radius 2 is 2.07 bits per heavy atom. The Morgan fingerprint density at radius 3 is 2.86 bits per heavy atom. The molecular weight excluding hydrogens is 172 g/mol. The van der Waals surface area contributed by atoms with Crippen molar-refractivity contribution < 1.29 is 0 Å². The molecule has 0 saturated heterocycles. The van der Waals surface area contributed by atoms with Crippen LogP contribution in [0.25, 0.3) is 0 Å². The highest BCUT2D eigenvalue weighted by molar-refractivity contribution is 5.60. The average molecular weight is 184 g/mol. The van der Waals surface area contributed by atoms with Gasteiger partial charge in [0.05, 0.1) is 0 Å². The van der Waals surface area contributed by atoms with Crippen LogP contribution in [0.4, 0.5) is 5.69 Å². The second kappa shape index (κ2) is 2.64. The number of anilines is 1. The highest BCUT2D eigenvalue weighted by Crippen LogP contribution is 2.32. The Morgan fingerprint density at radius 1 is 1.14 bits per heavy atom. The largest absolute Gasteiger partial charge is 0.365 e. The van der Waals surface area contributed by atoms with Crippen molar-refractivity contribution in [3.8, 4) is 0 Å². The van der Waals surface area contributed by atoms with E-state index in [-0.39, 0.29) is 5.66 Å². The van der Waals surface area contributed by atoms with Crippen molar-refractivity contribution in [3.63, 3.8) is 0 Å². The maximum Gasteiger partial charge on any atom is 0.131 e. The van der Waals surface area contributed by atoms with E-state index in [2.05, 4.69) is 47.1 Å². The third-order valence-corrected chi connectivity index (χ3v) is 2.77. The third kappa shape index (κ3) is 1.04. The first-order valence-electron chi connectivity index (χ1n) is 4.86. The summed E-state index contributed by atoms with van der Waals surface area (Å²) < 4.78 is 0. The molecule has 1 atom stereocenters. The molecular formula is C12H12N2. The number of hydrogen-bond acceptors (Lipinski definition) is 2. The number of fused-ring (bicyclic) bond motifs is 1. The van der Waals surface area contributed by atoms with Crippen LogP contribution in [0.1, 0.15) is 5.56 Å². The van der Waals surface area contributed by atoms with Crippen LogP contribution in [0, 0.1) is 0 Å². The normalized spacial score (nSPS) is 27.1. The summed E-state index contributed by atoms with van der Waals surface area (Å²) >= 11 is 0. The van der Waals surface area contributed by atoms with Gasteiger partial charge in [-0.3, -0.25) is 0 Å². The number of dihydropyridines is 1. The van der Waals surface area contributed by atoms with Crippen LogP contribution in [-0.2, 0) is 6.42 Å². The molecule has 2 nitrogen and oxygen atoms in total. The van der Waals surface area contributed by atoms with Gasteiger partial charge in [-0.1, -0.05) is 24.3 Å². The lowest BCUT2D eigenvalue weighted by Crippen LogP contribution is -2.47. The summed E-state index contributed by atoms with van der Waals surface area (Å²) in [6.07, 6.45) is 9.25. The summed E-state index contributed by atoms with van der Waals surface area (Å²) in [6.45, 7) is 0. The minimum atomic E-state index is -0.0849. The van der Waals surface area contributed by atoms with Gasteiger partial charge in [0.25, 0.3) is 0 Å². The Labute approximate surface area is 83.3 Å². The fourth-order valence-corrected chi connectivity index (χ4v) is 2.09. The highest BCUT2D eigenvalue weighted by Gasteiger charge is 2.33. The van der Waals surface area contributed by atoms with Crippen LogP contribution in [0.2, 0.25) is 0 Å². The molecule has 0 amide bonds. The van der Waals surface area contributed by atoms with Gasteiger partial charge in [0.2, 0.25) is 0 Å². The molecule has 2 aliphatic heterocycles. The predicted molar refractivity (Wildman–Crippen MR) is 57.9 cm³/mol. The fraction of sp³-hybridized carbons (Fsp3) is 0.167. The van der Waals surface area contributed by atoms with Gasteiger partial charge in [-0.15, -0.1) is 0 Å². The number of rotatable bonds is 0. The van der Waals surface area contributed by atoms with Crippen molar-refractivity contribution in [1.29, 1.82) is 0 Å². The molecule has 1 spiro atoms. The standard InChI is InChI=1S/C12H12N2/c1-2-6-11-10(5-1)9-12(14-11)7-3-4-8-13-12/h1-8,13-14H,9H2. The zero-order chi connectivity index (χ0) is 9.43. The van der Waals surface area contributed by atoms with Crippen molar-refractivity contribution in [2.24, 2.45) is 0 Å². The molecule has 2 heterocycles. The van der Waals surface area contributed by atoms with Gasteiger partial charge in [0.1, 0.15) is 5.66 Å². The van der Waals surface area contributed by atoms with Crippen LogP contribution in [0.15, 0.2) is 48.7 Å². The molecule has 0 bridgehead atoms. The molecule has 14 heavy (non-hydrogen) atoms. The van der Waals surface area contributed by atoms with Crippen LogP contribution in [0.5, 0.6) is 0 Å². The third-order valence-electron chi connectivity index (χ3n) is 2.77. The Bertz CT molecular complexity index is 393. The van der Waals surface area contributed by atoms with Crippen molar-refractivity contribution in [2.75, 3.05) is 5.32 Å². The predicted octanol–water partition coefficient (Wildman–Crippen LogP) is 2.02. The van der Waals surface area contributed by atoms with Gasteiger partial charge in [0, 0.05) is 12.1 Å². The quantitative estimate of drug-likeness (QED) is 0.644. The molecule has 1 aromatic rings. The lowest BCUT2D eigenvalue weighted by atomic mass is 10.0. The van der Waals surface area contributed by atoms with Gasteiger partial charge in [-0.2, -0.15) is 0 Å². The maximum atomic E-state index is 3.50. The summed E-state index contributed by atoms with van der Waals surface area (Å²) in [5, 5.41) is 6.86. The maximum absolute atomic E-state index is 3.50. The number of allylic oxidation sites excluding steroid dienone is 2. The summed E-state index contributed by atoms with van der Waals surface area (Å²) in [4.78, 5) is 0. The van der Waals surface area contributed by atoms with E-state index in [9.17, 15) is 0 Å². The van der Waals surface area contributed by atoms with Gasteiger partial charge in [-0.25, -0.2) is 0 Å². The molecule has 0 aromatic heterocycles. The molecule has 0 aliphatic carbocycles. The lowest BCUT2D eigenvalue weighted by Gasteiger charge is -2.28. The van der Waals surface area contributed by atoms with E-state index in [1.54, 1.807) is 0 Å². The Balaban J connectivity index is 1.98. The van der Waals surface area contributed by atoms with E-state index in [1.165, 1.54) is 11.3 Å². The summed E-state index contributed by atoms with van der Waals surface area (Å²) in [5.74, 6) is 0. The van der Waals surface area contributed by atoms with Gasteiger partial charge in [0.15, 0.2) is 0 Å². The first-order valence-corrected chi connectivity index (χ1v) is 4.86. The Hall–Kier alpha value is -1.70. The van der Waals surface area contributed by atoms with Crippen molar-refractivity contribution >= 4 is 5.69 Å². The second-order valence-corrected chi connectivity index (χ2v) is 3.79. The zero-order valence-corrected chi connectivity index (χ0v) is 7.83. The van der Waals surface area contributed by atoms with Crippen molar-refractivity contribution in [2.45, 2.75) is 12.1 Å². The van der Waals surface area contributed by atoms with E-state index in [0.717, 1.165) is 6.42 Å². The number of nitrogens with one attached hydrogen (secondary N) is 2. The second-order valence-electron chi connectivity index (χ2n) is 3.79. The molecule has 0 saturated carbocycles. The van der Waals surface area contributed by atoms with E-state index in [0.29, 0.717) is 0 Å². The SMILES string of the molecule is C1=CNC2(C=C1)Cc1ccccc1N2. The first-order chi connectivity index (χ1) is 6.88. The van der Waals surface area contributed by atoms with Crippen molar-refractivity contribution in [1.82, 2.24) is 5.32 Å². The number of hydrogen-bond donors (Lipinski definition) is 2. The smallest absolute Gasteiger partial charge is 0.131 e. The molecule has 1 unspecified atom stereocenters. The van der Waals surface area contributed by atoms with E-state index < -0.39 is 0 Å². The summed E-state index contributed by atoms with van der Waals surface area (Å²) in [7, 11) is 0. The highest BCUT2D eigenvalue weighted by atomic mass is 15.2. The van der Waals surface area contributed by atoms with E-state index in [4.69, 9.17) is 0 Å². The molecule has 2 N–H and O–H groups in total. The summed E-state index contributed by atoms with van der Waals surface area (Å²) in [5.41, 5.74) is 2.53. The zero-order valence-electron chi connectivity index (χ0n) is 7.83. The minimum absolute atomic E-state index is 0.0849. The molecule has 1 aromatic carbocycles. The topological polar surface area (TPSA) is 24.1 Å². The van der Waals surface area contributed by atoms with Gasteiger partial charge in [-0.05, 0) is 30.0 Å². The van der Waals surface area contributed by atoms with E-state index in [1.807, 2.05) is 12.3 Å². The van der Waals surface area contributed by atoms with Crippen LogP contribution >= 0.6 is 0 Å². The summed E-state index contributed by atoms with van der Waals surface area (Å²) in [6, 6.07) is 8.44. The number of para-hydroxylation sites is 1. The molecule has 3 rings (SSSR count). The molecule has 2 heteroatoms. The first kappa shape index (κ1) is 7.68.